The lowest BCUT2D eigenvalue weighted by Gasteiger charge is -2.36. The number of anilines is 2. The van der Waals surface area contributed by atoms with Crippen LogP contribution in [0.5, 0.6) is 0 Å². The summed E-state index contributed by atoms with van der Waals surface area (Å²) < 4.78 is 5.28. The quantitative estimate of drug-likeness (QED) is 0.669. The van der Waals surface area contributed by atoms with Gasteiger partial charge in [-0.3, -0.25) is 0 Å². The van der Waals surface area contributed by atoms with Gasteiger partial charge in [-0.1, -0.05) is 0 Å². The van der Waals surface area contributed by atoms with Crippen molar-refractivity contribution in [1.82, 2.24) is 9.97 Å². The van der Waals surface area contributed by atoms with Gasteiger partial charge in [0, 0.05) is 19.4 Å². The van der Waals surface area contributed by atoms with Gasteiger partial charge in [-0.25, -0.2) is 4.98 Å². The number of nitrogens with two attached hydrogens (primary N) is 1. The van der Waals surface area contributed by atoms with Gasteiger partial charge in [0.1, 0.15) is 5.82 Å². The van der Waals surface area contributed by atoms with Crippen molar-refractivity contribution in [2.45, 2.75) is 18.4 Å². The molecule has 0 bridgehead atoms. The fraction of sp³-hybridized carbons (Fsp3) is 0.600. The Balaban J connectivity index is 2.11. The molecule has 16 heavy (non-hydrogen) atoms. The standard InChI is InChI=1S/C10H16N4O2/c11-9-12-4-1-8(13-9)14-10(7-15)2-5-16-6-3-10/h1,4,15H,2-3,5-7H2,(H3,11,12,13,14). The van der Waals surface area contributed by atoms with E-state index < -0.39 is 0 Å². The molecule has 0 aromatic carbocycles. The van der Waals surface area contributed by atoms with E-state index in [2.05, 4.69) is 15.3 Å². The summed E-state index contributed by atoms with van der Waals surface area (Å²) >= 11 is 0. The van der Waals surface area contributed by atoms with Crippen molar-refractivity contribution in [3.05, 3.63) is 12.3 Å². The molecule has 2 heterocycles. The summed E-state index contributed by atoms with van der Waals surface area (Å²) in [7, 11) is 0. The fourth-order valence-electron chi connectivity index (χ4n) is 1.80. The molecular formula is C10H16N4O2. The van der Waals surface area contributed by atoms with Crippen molar-refractivity contribution in [2.75, 3.05) is 30.9 Å². The molecule has 0 amide bonds. The number of nitrogens with zero attached hydrogens (tertiary/aromatic N) is 2. The van der Waals surface area contributed by atoms with Crippen LogP contribution in [0.1, 0.15) is 12.8 Å². The zero-order valence-electron chi connectivity index (χ0n) is 9.02. The average Bonchev–Trinajstić information content (AvgIpc) is 2.30. The topological polar surface area (TPSA) is 93.3 Å². The predicted octanol–water partition coefficient (Wildman–Crippen LogP) is 0.0122. The maximum absolute atomic E-state index is 9.48. The van der Waals surface area contributed by atoms with Crippen LogP contribution in [0.25, 0.3) is 0 Å². The molecule has 1 aliphatic heterocycles. The van der Waals surface area contributed by atoms with Crippen LogP contribution in [0.2, 0.25) is 0 Å². The first-order valence-electron chi connectivity index (χ1n) is 5.29. The molecule has 0 radical (unpaired) electrons. The number of aliphatic hydroxyl groups is 1. The summed E-state index contributed by atoms with van der Waals surface area (Å²) in [6.45, 7) is 1.35. The van der Waals surface area contributed by atoms with E-state index in [1.165, 1.54) is 0 Å². The van der Waals surface area contributed by atoms with Crippen LogP contribution in [-0.2, 0) is 4.74 Å². The molecule has 0 unspecified atom stereocenters. The summed E-state index contributed by atoms with van der Waals surface area (Å²) in [6.07, 6.45) is 3.11. The highest BCUT2D eigenvalue weighted by molar-refractivity contribution is 5.40. The molecular weight excluding hydrogens is 208 g/mol. The summed E-state index contributed by atoms with van der Waals surface area (Å²) in [5.41, 5.74) is 5.15. The number of hydrogen-bond donors (Lipinski definition) is 3. The van der Waals surface area contributed by atoms with E-state index in [1.54, 1.807) is 12.3 Å². The second kappa shape index (κ2) is 4.63. The first kappa shape index (κ1) is 11.1. The minimum absolute atomic E-state index is 0.0558. The molecule has 1 aliphatic rings. The summed E-state index contributed by atoms with van der Waals surface area (Å²) in [5, 5.41) is 12.7. The lowest BCUT2D eigenvalue weighted by Crippen LogP contribution is -2.47. The third-order valence-corrected chi connectivity index (χ3v) is 2.82. The maximum atomic E-state index is 9.48. The fourth-order valence-corrected chi connectivity index (χ4v) is 1.80. The van der Waals surface area contributed by atoms with E-state index in [-0.39, 0.29) is 18.1 Å². The van der Waals surface area contributed by atoms with Crippen LogP contribution in [-0.4, -0.2) is 40.4 Å². The number of nitrogen functional groups attached to an aromatic ring is 1. The van der Waals surface area contributed by atoms with Gasteiger partial charge in [-0.2, -0.15) is 4.98 Å². The SMILES string of the molecule is Nc1nccc(NC2(CO)CCOCC2)n1. The molecule has 1 aromatic heterocycles. The molecule has 1 fully saturated rings. The summed E-state index contributed by atoms with van der Waals surface area (Å²) in [5.74, 6) is 0.869. The molecule has 2 rings (SSSR count). The van der Waals surface area contributed by atoms with Crippen LogP contribution >= 0.6 is 0 Å². The molecule has 4 N–H and O–H groups in total. The molecule has 1 aromatic rings. The van der Waals surface area contributed by atoms with E-state index in [4.69, 9.17) is 10.5 Å². The van der Waals surface area contributed by atoms with Crippen molar-refractivity contribution in [1.29, 1.82) is 0 Å². The van der Waals surface area contributed by atoms with Gasteiger partial charge in [0.2, 0.25) is 5.95 Å². The van der Waals surface area contributed by atoms with Crippen molar-refractivity contribution in [3.8, 4) is 0 Å². The molecule has 0 spiro atoms. The highest BCUT2D eigenvalue weighted by Crippen LogP contribution is 2.24. The first-order chi connectivity index (χ1) is 7.74. The number of hydrogen-bond acceptors (Lipinski definition) is 6. The van der Waals surface area contributed by atoms with Gasteiger partial charge >= 0.3 is 0 Å². The largest absolute Gasteiger partial charge is 0.394 e. The van der Waals surface area contributed by atoms with Crippen LogP contribution in [0.3, 0.4) is 0 Å². The van der Waals surface area contributed by atoms with Crippen LogP contribution < -0.4 is 11.1 Å². The third kappa shape index (κ3) is 2.40. The van der Waals surface area contributed by atoms with Gasteiger partial charge < -0.3 is 20.9 Å². The second-order valence-electron chi connectivity index (χ2n) is 3.98. The van der Waals surface area contributed by atoms with Gasteiger partial charge in [-0.05, 0) is 18.9 Å². The number of ether oxygens (including phenoxy) is 1. The van der Waals surface area contributed by atoms with Crippen LogP contribution in [0, 0.1) is 0 Å². The predicted molar refractivity (Wildman–Crippen MR) is 59.9 cm³/mol. The van der Waals surface area contributed by atoms with Crippen LogP contribution in [0.4, 0.5) is 11.8 Å². The van der Waals surface area contributed by atoms with E-state index in [0.29, 0.717) is 19.0 Å². The van der Waals surface area contributed by atoms with E-state index in [1.807, 2.05) is 0 Å². The molecule has 0 aliphatic carbocycles. The van der Waals surface area contributed by atoms with Gasteiger partial charge in [-0.15, -0.1) is 0 Å². The Morgan fingerprint density at radius 1 is 1.50 bits per heavy atom. The van der Waals surface area contributed by atoms with Crippen molar-refractivity contribution < 1.29 is 9.84 Å². The highest BCUT2D eigenvalue weighted by atomic mass is 16.5. The van der Waals surface area contributed by atoms with E-state index >= 15 is 0 Å². The Kier molecular flexibility index (Phi) is 3.21. The molecule has 6 nitrogen and oxygen atoms in total. The molecule has 0 atom stereocenters. The number of aromatic nitrogens is 2. The van der Waals surface area contributed by atoms with Gasteiger partial charge in [0.25, 0.3) is 0 Å². The smallest absolute Gasteiger partial charge is 0.221 e. The van der Waals surface area contributed by atoms with E-state index in [9.17, 15) is 5.11 Å². The first-order valence-corrected chi connectivity index (χ1v) is 5.29. The van der Waals surface area contributed by atoms with E-state index in [0.717, 1.165) is 12.8 Å². The van der Waals surface area contributed by atoms with Gasteiger partial charge in [0.05, 0.1) is 12.1 Å². The normalized spacial score (nSPS) is 19.3. The maximum Gasteiger partial charge on any atom is 0.221 e. The Morgan fingerprint density at radius 3 is 2.88 bits per heavy atom. The third-order valence-electron chi connectivity index (χ3n) is 2.82. The summed E-state index contributed by atoms with van der Waals surface area (Å²) in [6, 6.07) is 1.74. The Labute approximate surface area is 93.9 Å². The van der Waals surface area contributed by atoms with Gasteiger partial charge in [0.15, 0.2) is 0 Å². The lowest BCUT2D eigenvalue weighted by atomic mass is 9.91. The number of nitrogens with one attached hydrogen (secondary N) is 1. The molecule has 1 saturated heterocycles. The molecule has 0 saturated carbocycles. The number of aliphatic hydroxyl groups excluding tert-OH is 1. The van der Waals surface area contributed by atoms with Crippen molar-refractivity contribution in [2.24, 2.45) is 0 Å². The number of rotatable bonds is 3. The minimum atomic E-state index is -0.348. The van der Waals surface area contributed by atoms with Crippen molar-refractivity contribution >= 4 is 11.8 Å². The van der Waals surface area contributed by atoms with Crippen LogP contribution in [0.15, 0.2) is 12.3 Å². The second-order valence-corrected chi connectivity index (χ2v) is 3.98. The summed E-state index contributed by atoms with van der Waals surface area (Å²) in [4.78, 5) is 7.88. The van der Waals surface area contributed by atoms with Crippen molar-refractivity contribution in [3.63, 3.8) is 0 Å². The zero-order valence-corrected chi connectivity index (χ0v) is 9.02. The molecule has 88 valence electrons. The molecule has 6 heteroatoms. The Bertz CT molecular complexity index is 352. The Hall–Kier alpha value is -1.40. The minimum Gasteiger partial charge on any atom is -0.394 e. The highest BCUT2D eigenvalue weighted by Gasteiger charge is 2.32. The zero-order chi connectivity index (χ0) is 11.4. The monoisotopic (exact) mass is 224 g/mol. The lowest BCUT2D eigenvalue weighted by molar-refractivity contribution is 0.0378. The average molecular weight is 224 g/mol. The Morgan fingerprint density at radius 2 is 2.25 bits per heavy atom.